The van der Waals surface area contributed by atoms with Crippen molar-refractivity contribution < 1.29 is 18.3 Å². The van der Waals surface area contributed by atoms with Gasteiger partial charge in [-0.1, -0.05) is 38.4 Å². The Labute approximate surface area is 130 Å². The SMILES string of the molecule is CC(C)(C)CC(CNS(=O)(=O)c1cccc(Cl)c1)C(=O)O. The third kappa shape index (κ3) is 6.03. The van der Waals surface area contributed by atoms with Gasteiger partial charge in [-0.25, -0.2) is 13.1 Å². The van der Waals surface area contributed by atoms with Crippen LogP contribution in [-0.2, 0) is 14.8 Å². The van der Waals surface area contributed by atoms with Gasteiger partial charge in [0.1, 0.15) is 0 Å². The molecule has 0 heterocycles. The second-order valence-electron chi connectivity index (χ2n) is 6.11. The van der Waals surface area contributed by atoms with Crippen LogP contribution in [-0.4, -0.2) is 26.0 Å². The number of carboxylic acid groups (broad SMARTS) is 1. The summed E-state index contributed by atoms with van der Waals surface area (Å²) in [6, 6.07) is 5.83. The monoisotopic (exact) mass is 333 g/mol. The van der Waals surface area contributed by atoms with Gasteiger partial charge in [-0.2, -0.15) is 0 Å². The number of halogens is 1. The summed E-state index contributed by atoms with van der Waals surface area (Å²) in [6.07, 6.45) is 0.375. The van der Waals surface area contributed by atoms with Crippen molar-refractivity contribution in [1.29, 1.82) is 0 Å². The van der Waals surface area contributed by atoms with Gasteiger partial charge in [0.2, 0.25) is 10.0 Å². The molecule has 118 valence electrons. The Hall–Kier alpha value is -1.11. The molecule has 0 spiro atoms. The van der Waals surface area contributed by atoms with Gasteiger partial charge >= 0.3 is 5.97 Å². The number of nitrogens with one attached hydrogen (secondary N) is 1. The van der Waals surface area contributed by atoms with Crippen LogP contribution in [0.15, 0.2) is 29.2 Å². The largest absolute Gasteiger partial charge is 0.481 e. The van der Waals surface area contributed by atoms with Gasteiger partial charge < -0.3 is 5.11 Å². The van der Waals surface area contributed by atoms with Crippen LogP contribution < -0.4 is 4.72 Å². The van der Waals surface area contributed by atoms with Crippen LogP contribution in [0.25, 0.3) is 0 Å². The van der Waals surface area contributed by atoms with Crippen LogP contribution in [0, 0.1) is 11.3 Å². The van der Waals surface area contributed by atoms with E-state index < -0.39 is 21.9 Å². The van der Waals surface area contributed by atoms with E-state index in [9.17, 15) is 18.3 Å². The average Bonchev–Trinajstić information content (AvgIpc) is 2.33. The van der Waals surface area contributed by atoms with Crippen molar-refractivity contribution >= 4 is 27.6 Å². The van der Waals surface area contributed by atoms with E-state index in [1.54, 1.807) is 6.07 Å². The topological polar surface area (TPSA) is 83.5 Å². The first-order chi connectivity index (χ1) is 9.51. The maximum absolute atomic E-state index is 12.1. The Bertz CT molecular complexity index is 608. The molecular formula is C14H20ClNO4S. The molecule has 0 amide bonds. The molecule has 0 aliphatic heterocycles. The molecule has 0 aliphatic rings. The third-order valence-electron chi connectivity index (χ3n) is 2.83. The zero-order chi connectivity index (χ0) is 16.3. The molecule has 0 aliphatic carbocycles. The van der Waals surface area contributed by atoms with E-state index in [1.165, 1.54) is 18.2 Å². The maximum atomic E-state index is 12.1. The molecule has 7 heteroatoms. The molecule has 1 aromatic carbocycles. The van der Waals surface area contributed by atoms with Gasteiger partial charge in [0, 0.05) is 11.6 Å². The number of sulfonamides is 1. The smallest absolute Gasteiger partial charge is 0.307 e. The van der Waals surface area contributed by atoms with Crippen molar-refractivity contribution in [3.8, 4) is 0 Å². The highest BCUT2D eigenvalue weighted by Gasteiger charge is 2.26. The van der Waals surface area contributed by atoms with Gasteiger partial charge in [-0.15, -0.1) is 0 Å². The maximum Gasteiger partial charge on any atom is 0.307 e. The zero-order valence-electron chi connectivity index (χ0n) is 12.3. The number of aliphatic carboxylic acids is 1. The molecule has 21 heavy (non-hydrogen) atoms. The first kappa shape index (κ1) is 17.9. The fraction of sp³-hybridized carbons (Fsp3) is 0.500. The molecule has 0 fully saturated rings. The lowest BCUT2D eigenvalue weighted by Gasteiger charge is -2.23. The summed E-state index contributed by atoms with van der Waals surface area (Å²) in [5.74, 6) is -1.79. The van der Waals surface area contributed by atoms with E-state index in [0.717, 1.165) is 0 Å². The second kappa shape index (κ2) is 6.77. The lowest BCUT2D eigenvalue weighted by Crippen LogP contribution is -2.35. The Morgan fingerprint density at radius 1 is 1.38 bits per heavy atom. The van der Waals surface area contributed by atoms with Crippen molar-refractivity contribution in [2.24, 2.45) is 11.3 Å². The molecule has 0 bridgehead atoms. The lowest BCUT2D eigenvalue weighted by atomic mass is 9.85. The Morgan fingerprint density at radius 3 is 2.48 bits per heavy atom. The van der Waals surface area contributed by atoms with Crippen molar-refractivity contribution in [1.82, 2.24) is 4.72 Å². The molecule has 5 nitrogen and oxygen atoms in total. The van der Waals surface area contributed by atoms with Crippen LogP contribution in [0.1, 0.15) is 27.2 Å². The summed E-state index contributed by atoms with van der Waals surface area (Å²) in [6.45, 7) is 5.58. The molecule has 0 radical (unpaired) electrons. The minimum atomic E-state index is -3.76. The van der Waals surface area contributed by atoms with Gasteiger partial charge in [0.15, 0.2) is 0 Å². The number of carboxylic acids is 1. The van der Waals surface area contributed by atoms with E-state index in [-0.39, 0.29) is 16.9 Å². The zero-order valence-corrected chi connectivity index (χ0v) is 13.8. The summed E-state index contributed by atoms with van der Waals surface area (Å²) in [5.41, 5.74) is -0.204. The molecule has 0 saturated carbocycles. The van der Waals surface area contributed by atoms with E-state index in [2.05, 4.69) is 4.72 Å². The third-order valence-corrected chi connectivity index (χ3v) is 4.49. The fourth-order valence-corrected chi connectivity index (χ4v) is 3.30. The molecule has 1 rings (SSSR count). The average molecular weight is 334 g/mol. The Morgan fingerprint density at radius 2 is 2.00 bits per heavy atom. The predicted octanol–water partition coefficient (Wildman–Crippen LogP) is 2.76. The fourth-order valence-electron chi connectivity index (χ4n) is 1.91. The molecular weight excluding hydrogens is 314 g/mol. The lowest BCUT2D eigenvalue weighted by molar-refractivity contribution is -0.142. The van der Waals surface area contributed by atoms with Crippen LogP contribution in [0.3, 0.4) is 0 Å². The number of rotatable bonds is 6. The van der Waals surface area contributed by atoms with E-state index in [1.807, 2.05) is 20.8 Å². The number of hydrogen-bond donors (Lipinski definition) is 2. The Kier molecular flexibility index (Phi) is 5.78. The normalized spacial score (nSPS) is 13.9. The van der Waals surface area contributed by atoms with Crippen LogP contribution in [0.5, 0.6) is 0 Å². The molecule has 2 N–H and O–H groups in total. The number of benzene rings is 1. The number of hydrogen-bond acceptors (Lipinski definition) is 3. The van der Waals surface area contributed by atoms with Crippen molar-refractivity contribution in [2.45, 2.75) is 32.1 Å². The van der Waals surface area contributed by atoms with Crippen molar-refractivity contribution in [2.75, 3.05) is 6.54 Å². The Balaban J connectivity index is 2.82. The summed E-state index contributed by atoms with van der Waals surface area (Å²) < 4.78 is 26.6. The van der Waals surface area contributed by atoms with E-state index in [0.29, 0.717) is 11.4 Å². The van der Waals surface area contributed by atoms with Crippen molar-refractivity contribution in [3.05, 3.63) is 29.3 Å². The molecule has 0 saturated heterocycles. The van der Waals surface area contributed by atoms with Crippen LogP contribution >= 0.6 is 11.6 Å². The van der Waals surface area contributed by atoms with Gasteiger partial charge in [0.05, 0.1) is 10.8 Å². The van der Waals surface area contributed by atoms with Crippen molar-refractivity contribution in [3.63, 3.8) is 0 Å². The highest BCUT2D eigenvalue weighted by atomic mass is 35.5. The quantitative estimate of drug-likeness (QED) is 0.838. The summed E-state index contributed by atoms with van der Waals surface area (Å²) >= 11 is 5.76. The van der Waals surface area contributed by atoms with Gasteiger partial charge in [0.25, 0.3) is 0 Å². The minimum Gasteiger partial charge on any atom is -0.481 e. The number of carbonyl (C=O) groups is 1. The summed E-state index contributed by atoms with van der Waals surface area (Å²) in [7, 11) is -3.76. The van der Waals surface area contributed by atoms with E-state index >= 15 is 0 Å². The highest BCUT2D eigenvalue weighted by Crippen LogP contribution is 2.24. The molecule has 1 atom stereocenters. The predicted molar refractivity (Wildman–Crippen MR) is 81.8 cm³/mol. The standard InChI is InChI=1S/C14H20ClNO4S/c1-14(2,3)8-10(13(17)18)9-16-21(19,20)12-6-4-5-11(15)7-12/h4-7,10,16H,8-9H2,1-3H3,(H,17,18). The molecule has 1 unspecified atom stereocenters. The molecule has 0 aromatic heterocycles. The first-order valence-electron chi connectivity index (χ1n) is 6.49. The second-order valence-corrected chi connectivity index (χ2v) is 8.31. The summed E-state index contributed by atoms with van der Waals surface area (Å²) in [5, 5.41) is 9.50. The van der Waals surface area contributed by atoms with Gasteiger partial charge in [-0.05, 0) is 30.0 Å². The van der Waals surface area contributed by atoms with E-state index in [4.69, 9.17) is 11.6 Å². The minimum absolute atomic E-state index is 0.0231. The molecule has 1 aromatic rings. The van der Waals surface area contributed by atoms with Crippen LogP contribution in [0.4, 0.5) is 0 Å². The highest BCUT2D eigenvalue weighted by molar-refractivity contribution is 7.89. The van der Waals surface area contributed by atoms with Crippen LogP contribution in [0.2, 0.25) is 5.02 Å². The van der Waals surface area contributed by atoms with Gasteiger partial charge in [-0.3, -0.25) is 4.79 Å². The first-order valence-corrected chi connectivity index (χ1v) is 8.35. The summed E-state index contributed by atoms with van der Waals surface area (Å²) in [4.78, 5) is 11.3.